The average Bonchev–Trinajstić information content (AvgIpc) is 2.86. The first-order valence-corrected chi connectivity index (χ1v) is 7.74. The van der Waals surface area contributed by atoms with Crippen LogP contribution in [0, 0.1) is 0 Å². The van der Waals surface area contributed by atoms with Gasteiger partial charge in [-0.05, 0) is 48.0 Å². The second kappa shape index (κ2) is 7.06. The summed E-state index contributed by atoms with van der Waals surface area (Å²) in [4.78, 5) is 25.9. The number of hydrogen-bond acceptors (Lipinski definition) is 4. The molecule has 24 heavy (non-hydrogen) atoms. The third kappa shape index (κ3) is 4.84. The van der Waals surface area contributed by atoms with Crippen molar-refractivity contribution in [1.82, 2.24) is 25.2 Å². The molecule has 136 valence electrons. The van der Waals surface area contributed by atoms with Crippen molar-refractivity contribution < 1.29 is 19.8 Å². The SMILES string of the molecule is CC(C)(C)N(CC[C@@H](c1cn[nH]n1)N(C(=O)O)C(C)(C)C)C(=O)O. The van der Waals surface area contributed by atoms with Gasteiger partial charge >= 0.3 is 12.2 Å². The molecule has 3 N–H and O–H groups in total. The van der Waals surface area contributed by atoms with Crippen LogP contribution in [0.3, 0.4) is 0 Å². The summed E-state index contributed by atoms with van der Waals surface area (Å²) in [5.41, 5.74) is -0.798. The van der Waals surface area contributed by atoms with E-state index in [0.717, 1.165) is 0 Å². The van der Waals surface area contributed by atoms with Crippen molar-refractivity contribution in [3.8, 4) is 0 Å². The lowest BCUT2D eigenvalue weighted by Crippen LogP contribution is -2.50. The zero-order valence-electron chi connectivity index (χ0n) is 15.1. The molecule has 0 spiro atoms. The molecule has 0 radical (unpaired) electrons. The molecular formula is C15H27N5O4. The van der Waals surface area contributed by atoms with Gasteiger partial charge in [0.1, 0.15) is 5.69 Å². The monoisotopic (exact) mass is 341 g/mol. The van der Waals surface area contributed by atoms with Crippen LogP contribution in [-0.4, -0.2) is 65.2 Å². The van der Waals surface area contributed by atoms with Gasteiger partial charge in [-0.1, -0.05) is 0 Å². The maximum atomic E-state index is 11.8. The maximum Gasteiger partial charge on any atom is 0.408 e. The highest BCUT2D eigenvalue weighted by atomic mass is 16.4. The highest BCUT2D eigenvalue weighted by Gasteiger charge is 2.37. The molecule has 0 fully saturated rings. The van der Waals surface area contributed by atoms with E-state index < -0.39 is 29.3 Å². The number of rotatable bonds is 5. The average molecular weight is 341 g/mol. The van der Waals surface area contributed by atoms with Gasteiger partial charge in [0.05, 0.1) is 12.2 Å². The molecule has 0 aromatic carbocycles. The van der Waals surface area contributed by atoms with Crippen molar-refractivity contribution in [3.63, 3.8) is 0 Å². The number of nitrogens with zero attached hydrogens (tertiary/aromatic N) is 4. The van der Waals surface area contributed by atoms with E-state index in [-0.39, 0.29) is 13.0 Å². The lowest BCUT2D eigenvalue weighted by atomic mass is 9.98. The van der Waals surface area contributed by atoms with Crippen LogP contribution in [0.2, 0.25) is 0 Å². The Morgan fingerprint density at radius 2 is 1.71 bits per heavy atom. The molecule has 0 unspecified atom stereocenters. The molecule has 9 heteroatoms. The minimum Gasteiger partial charge on any atom is -0.465 e. The Bertz CT molecular complexity index is 559. The number of amides is 2. The van der Waals surface area contributed by atoms with E-state index in [1.807, 2.05) is 0 Å². The van der Waals surface area contributed by atoms with E-state index in [1.165, 1.54) is 16.0 Å². The Balaban J connectivity index is 3.12. The van der Waals surface area contributed by atoms with Crippen molar-refractivity contribution in [1.29, 1.82) is 0 Å². The van der Waals surface area contributed by atoms with Gasteiger partial charge in [0.2, 0.25) is 0 Å². The van der Waals surface area contributed by atoms with E-state index in [1.54, 1.807) is 41.5 Å². The number of aromatic nitrogens is 3. The summed E-state index contributed by atoms with van der Waals surface area (Å²) >= 11 is 0. The molecule has 2 amide bonds. The zero-order valence-corrected chi connectivity index (χ0v) is 15.1. The number of aromatic amines is 1. The second-order valence-corrected chi connectivity index (χ2v) is 7.63. The van der Waals surface area contributed by atoms with E-state index in [0.29, 0.717) is 5.69 Å². The Labute approximate surface area is 141 Å². The number of carbonyl (C=O) groups is 2. The van der Waals surface area contributed by atoms with Crippen molar-refractivity contribution in [2.75, 3.05) is 6.54 Å². The van der Waals surface area contributed by atoms with Crippen LogP contribution < -0.4 is 0 Å². The van der Waals surface area contributed by atoms with Crippen molar-refractivity contribution in [3.05, 3.63) is 11.9 Å². The summed E-state index contributed by atoms with van der Waals surface area (Å²) in [6, 6.07) is -0.606. The van der Waals surface area contributed by atoms with Crippen LogP contribution in [0.15, 0.2) is 6.20 Å². The van der Waals surface area contributed by atoms with Gasteiger partial charge in [-0.2, -0.15) is 15.4 Å². The molecule has 1 aromatic heterocycles. The molecule has 1 rings (SSSR count). The molecule has 1 aromatic rings. The first-order chi connectivity index (χ1) is 10.9. The first kappa shape index (κ1) is 19.7. The predicted molar refractivity (Wildman–Crippen MR) is 87.8 cm³/mol. The van der Waals surface area contributed by atoms with Gasteiger partial charge in [0, 0.05) is 17.6 Å². The molecule has 0 aliphatic rings. The Morgan fingerprint density at radius 3 is 2.04 bits per heavy atom. The van der Waals surface area contributed by atoms with E-state index in [9.17, 15) is 19.8 Å². The molecule has 0 saturated carbocycles. The Kier molecular flexibility index (Phi) is 5.80. The van der Waals surface area contributed by atoms with Crippen LogP contribution >= 0.6 is 0 Å². The minimum atomic E-state index is -1.09. The number of carboxylic acid groups (broad SMARTS) is 2. The maximum absolute atomic E-state index is 11.8. The molecular weight excluding hydrogens is 314 g/mol. The third-order valence-electron chi connectivity index (χ3n) is 3.68. The smallest absolute Gasteiger partial charge is 0.408 e. The van der Waals surface area contributed by atoms with Gasteiger partial charge in [0.15, 0.2) is 0 Å². The quantitative estimate of drug-likeness (QED) is 0.757. The Hall–Kier alpha value is -2.32. The first-order valence-electron chi connectivity index (χ1n) is 7.74. The molecule has 0 bridgehead atoms. The summed E-state index contributed by atoms with van der Waals surface area (Å²) in [6.45, 7) is 10.9. The molecule has 1 atom stereocenters. The van der Waals surface area contributed by atoms with Crippen LogP contribution in [0.25, 0.3) is 0 Å². The van der Waals surface area contributed by atoms with Crippen molar-refractivity contribution in [2.45, 2.75) is 65.1 Å². The lowest BCUT2D eigenvalue weighted by Gasteiger charge is -2.40. The van der Waals surface area contributed by atoms with Crippen molar-refractivity contribution in [2.24, 2.45) is 0 Å². The summed E-state index contributed by atoms with van der Waals surface area (Å²) in [6.07, 6.45) is -0.388. The van der Waals surface area contributed by atoms with Crippen LogP contribution in [0.4, 0.5) is 9.59 Å². The Morgan fingerprint density at radius 1 is 1.12 bits per heavy atom. The molecule has 0 aliphatic carbocycles. The zero-order chi connectivity index (χ0) is 18.7. The lowest BCUT2D eigenvalue weighted by molar-refractivity contribution is 0.0535. The van der Waals surface area contributed by atoms with E-state index >= 15 is 0 Å². The van der Waals surface area contributed by atoms with E-state index in [4.69, 9.17) is 0 Å². The fraction of sp³-hybridized carbons (Fsp3) is 0.733. The van der Waals surface area contributed by atoms with Gasteiger partial charge < -0.3 is 15.1 Å². The van der Waals surface area contributed by atoms with Crippen LogP contribution in [0.1, 0.15) is 59.7 Å². The van der Waals surface area contributed by atoms with Gasteiger partial charge in [0.25, 0.3) is 0 Å². The summed E-state index contributed by atoms with van der Waals surface area (Å²) in [5.74, 6) is 0. The third-order valence-corrected chi connectivity index (χ3v) is 3.68. The number of H-pyrrole nitrogens is 1. The fourth-order valence-electron chi connectivity index (χ4n) is 2.64. The normalized spacial score (nSPS) is 13.4. The topological polar surface area (TPSA) is 123 Å². The summed E-state index contributed by atoms with van der Waals surface area (Å²) in [5, 5.41) is 29.3. The number of hydrogen-bond donors (Lipinski definition) is 3. The van der Waals surface area contributed by atoms with Crippen LogP contribution in [0.5, 0.6) is 0 Å². The standard InChI is InChI=1S/C15H27N5O4/c1-14(2,3)19(12(21)22)8-7-11(10-9-16-18-17-10)20(13(23)24)15(4,5)6/h9,11H,7-8H2,1-6H3,(H,21,22)(H,23,24)(H,16,17,18)/t11-/m0/s1. The van der Waals surface area contributed by atoms with Gasteiger partial charge in [-0.3, -0.25) is 4.90 Å². The summed E-state index contributed by atoms with van der Waals surface area (Å²) in [7, 11) is 0. The largest absolute Gasteiger partial charge is 0.465 e. The molecule has 0 aliphatic heterocycles. The number of nitrogens with one attached hydrogen (secondary N) is 1. The minimum absolute atomic E-state index is 0.177. The second-order valence-electron chi connectivity index (χ2n) is 7.63. The molecule has 0 saturated heterocycles. The predicted octanol–water partition coefficient (Wildman–Crippen LogP) is 2.79. The molecule has 1 heterocycles. The fourth-order valence-corrected chi connectivity index (χ4v) is 2.64. The molecule has 9 nitrogen and oxygen atoms in total. The van der Waals surface area contributed by atoms with Gasteiger partial charge in [-0.15, -0.1) is 0 Å². The summed E-state index contributed by atoms with van der Waals surface area (Å²) < 4.78 is 0. The van der Waals surface area contributed by atoms with Gasteiger partial charge in [-0.25, -0.2) is 9.59 Å². The highest BCUT2D eigenvalue weighted by molar-refractivity contribution is 5.67. The highest BCUT2D eigenvalue weighted by Crippen LogP contribution is 2.30. The van der Waals surface area contributed by atoms with Crippen molar-refractivity contribution >= 4 is 12.2 Å². The van der Waals surface area contributed by atoms with E-state index in [2.05, 4.69) is 15.4 Å². The van der Waals surface area contributed by atoms with Crippen LogP contribution in [-0.2, 0) is 0 Å².